The monoisotopic (exact) mass is 393 g/mol. The van der Waals surface area contributed by atoms with Gasteiger partial charge >= 0.3 is 5.97 Å². The number of carbonyl (C=O) groups is 2. The van der Waals surface area contributed by atoms with Gasteiger partial charge in [0.15, 0.2) is 0 Å². The maximum absolute atomic E-state index is 12.4. The van der Waals surface area contributed by atoms with Crippen molar-refractivity contribution in [2.24, 2.45) is 11.8 Å². The van der Waals surface area contributed by atoms with Crippen LogP contribution in [0, 0.1) is 11.8 Å². The highest BCUT2D eigenvalue weighted by Crippen LogP contribution is 2.47. The third-order valence-corrected chi connectivity index (χ3v) is 5.85. The summed E-state index contributed by atoms with van der Waals surface area (Å²) in [5.41, 5.74) is 2.63. The standard InChI is InChI=1S/C23H23NO5/c1-13-18(21(23(27)28)24-20(13)19(14(2)25)22(24)26)12-29-17-10-6-9-16(11-17)15-7-4-3-5-8-15/h3-11,13-14,19-20,25H,12H2,1-2H3,(H,27,28)/t13-,14?,19+,20?/m0/s1. The largest absolute Gasteiger partial charge is 0.489 e. The van der Waals surface area contributed by atoms with Gasteiger partial charge in [0.25, 0.3) is 0 Å². The van der Waals surface area contributed by atoms with Crippen LogP contribution in [0.15, 0.2) is 65.9 Å². The zero-order valence-corrected chi connectivity index (χ0v) is 16.3. The number of aliphatic carboxylic acids is 1. The van der Waals surface area contributed by atoms with Gasteiger partial charge in [-0.2, -0.15) is 0 Å². The topological polar surface area (TPSA) is 87.1 Å². The molecular weight excluding hydrogens is 370 g/mol. The second-order valence-corrected chi connectivity index (χ2v) is 7.62. The van der Waals surface area contributed by atoms with Crippen molar-refractivity contribution in [3.63, 3.8) is 0 Å². The number of carboxylic acid groups (broad SMARTS) is 1. The zero-order valence-electron chi connectivity index (χ0n) is 16.3. The molecule has 2 heterocycles. The Morgan fingerprint density at radius 2 is 1.83 bits per heavy atom. The summed E-state index contributed by atoms with van der Waals surface area (Å²) in [5, 5.41) is 19.6. The first-order chi connectivity index (χ1) is 13.9. The number of rotatable bonds is 6. The lowest BCUT2D eigenvalue weighted by Gasteiger charge is -2.46. The molecule has 0 bridgehead atoms. The zero-order chi connectivity index (χ0) is 20.7. The fraction of sp³-hybridized carbons (Fsp3) is 0.304. The number of amides is 1. The molecule has 0 spiro atoms. The van der Waals surface area contributed by atoms with Gasteiger partial charge in [0.2, 0.25) is 5.91 Å². The van der Waals surface area contributed by atoms with Crippen LogP contribution in [0.25, 0.3) is 11.1 Å². The summed E-state index contributed by atoms with van der Waals surface area (Å²) in [7, 11) is 0. The van der Waals surface area contributed by atoms with Gasteiger partial charge in [-0.15, -0.1) is 0 Å². The second kappa shape index (κ2) is 7.37. The molecule has 2 unspecified atom stereocenters. The SMILES string of the molecule is CC(O)[C@H]1C(=O)N2C(C(=O)O)=C(COc3cccc(-c4ccccc4)c3)[C@H](C)C12. The molecule has 6 heteroatoms. The number of hydrogen-bond acceptors (Lipinski definition) is 4. The Bertz CT molecular complexity index is 982. The first-order valence-corrected chi connectivity index (χ1v) is 9.66. The highest BCUT2D eigenvalue weighted by atomic mass is 16.5. The molecule has 2 N–H and O–H groups in total. The molecule has 1 saturated heterocycles. The summed E-state index contributed by atoms with van der Waals surface area (Å²) in [4.78, 5) is 25.6. The third kappa shape index (κ3) is 3.19. The second-order valence-electron chi connectivity index (χ2n) is 7.62. The van der Waals surface area contributed by atoms with Gasteiger partial charge < -0.3 is 19.8 Å². The maximum atomic E-state index is 12.4. The van der Waals surface area contributed by atoms with E-state index in [0.29, 0.717) is 11.3 Å². The van der Waals surface area contributed by atoms with Crippen molar-refractivity contribution in [3.8, 4) is 16.9 Å². The number of benzene rings is 2. The van der Waals surface area contributed by atoms with E-state index in [4.69, 9.17) is 4.74 Å². The molecule has 4 rings (SSSR count). The number of β-lactam (4-membered cyclic amide) rings is 1. The number of fused-ring (bicyclic) bond motifs is 1. The van der Waals surface area contributed by atoms with Gasteiger partial charge in [-0.1, -0.05) is 49.4 Å². The van der Waals surface area contributed by atoms with E-state index >= 15 is 0 Å². The molecule has 1 amide bonds. The van der Waals surface area contributed by atoms with Gasteiger partial charge in [-0.05, 0) is 30.2 Å². The lowest BCUT2D eigenvalue weighted by atomic mass is 9.78. The minimum absolute atomic E-state index is 0.0105. The molecule has 150 valence electrons. The number of carboxylic acids is 1. The molecule has 6 nitrogen and oxygen atoms in total. The Morgan fingerprint density at radius 1 is 1.14 bits per heavy atom. The van der Waals surface area contributed by atoms with Crippen LogP contribution >= 0.6 is 0 Å². The van der Waals surface area contributed by atoms with Crippen molar-refractivity contribution in [3.05, 3.63) is 65.9 Å². The van der Waals surface area contributed by atoms with Crippen LogP contribution < -0.4 is 4.74 Å². The van der Waals surface area contributed by atoms with Crippen molar-refractivity contribution < 1.29 is 24.5 Å². The normalized spacial score (nSPS) is 24.2. The van der Waals surface area contributed by atoms with Crippen LogP contribution in [0.4, 0.5) is 0 Å². The highest BCUT2D eigenvalue weighted by Gasteiger charge is 2.59. The van der Waals surface area contributed by atoms with Crippen molar-refractivity contribution in [2.75, 3.05) is 6.61 Å². The predicted octanol–water partition coefficient (Wildman–Crippen LogP) is 2.93. The fourth-order valence-corrected chi connectivity index (χ4v) is 4.39. The molecule has 29 heavy (non-hydrogen) atoms. The average molecular weight is 393 g/mol. The molecule has 2 aromatic carbocycles. The molecule has 2 aromatic rings. The van der Waals surface area contributed by atoms with E-state index in [-0.39, 0.29) is 30.2 Å². The Labute approximate surface area is 169 Å². The molecule has 1 fully saturated rings. The molecule has 0 radical (unpaired) electrons. The predicted molar refractivity (Wildman–Crippen MR) is 107 cm³/mol. The minimum atomic E-state index is -1.15. The van der Waals surface area contributed by atoms with E-state index in [1.54, 1.807) is 6.92 Å². The van der Waals surface area contributed by atoms with Gasteiger partial charge in [-0.25, -0.2) is 4.79 Å². The quantitative estimate of drug-likeness (QED) is 0.737. The summed E-state index contributed by atoms with van der Waals surface area (Å²) < 4.78 is 5.94. The van der Waals surface area contributed by atoms with Gasteiger partial charge in [0.05, 0.1) is 18.1 Å². The summed E-state index contributed by atoms with van der Waals surface area (Å²) in [6, 6.07) is 17.2. The van der Waals surface area contributed by atoms with Crippen LogP contribution in [0.2, 0.25) is 0 Å². The summed E-state index contributed by atoms with van der Waals surface area (Å²) >= 11 is 0. The van der Waals surface area contributed by atoms with Crippen LogP contribution in [-0.2, 0) is 9.59 Å². The molecule has 2 aliphatic rings. The lowest BCUT2D eigenvalue weighted by Crippen LogP contribution is -2.63. The van der Waals surface area contributed by atoms with E-state index in [9.17, 15) is 19.8 Å². The first kappa shape index (κ1) is 19.2. The number of carbonyl (C=O) groups excluding carboxylic acids is 1. The van der Waals surface area contributed by atoms with Crippen molar-refractivity contribution in [1.29, 1.82) is 0 Å². The fourth-order valence-electron chi connectivity index (χ4n) is 4.39. The Kier molecular flexibility index (Phi) is 4.88. The highest BCUT2D eigenvalue weighted by molar-refractivity contribution is 6.00. The van der Waals surface area contributed by atoms with E-state index in [2.05, 4.69) is 0 Å². The Hall–Kier alpha value is -3.12. The summed E-state index contributed by atoms with van der Waals surface area (Å²) in [6.45, 7) is 3.53. The smallest absolute Gasteiger partial charge is 0.352 e. The van der Waals surface area contributed by atoms with E-state index in [0.717, 1.165) is 11.1 Å². The number of aliphatic hydroxyl groups excluding tert-OH is 1. The van der Waals surface area contributed by atoms with Crippen LogP contribution in [0.1, 0.15) is 13.8 Å². The lowest BCUT2D eigenvalue weighted by molar-refractivity contribution is -0.163. The summed E-state index contributed by atoms with van der Waals surface area (Å²) in [6.07, 6.45) is -0.816. The van der Waals surface area contributed by atoms with E-state index in [1.165, 1.54) is 4.90 Å². The van der Waals surface area contributed by atoms with Crippen molar-refractivity contribution in [1.82, 2.24) is 4.90 Å². The first-order valence-electron chi connectivity index (χ1n) is 9.66. The van der Waals surface area contributed by atoms with Crippen molar-refractivity contribution >= 4 is 11.9 Å². The number of aliphatic hydroxyl groups is 1. The molecule has 0 aliphatic carbocycles. The third-order valence-electron chi connectivity index (χ3n) is 5.85. The molecule has 2 aliphatic heterocycles. The molecule has 4 atom stereocenters. The number of ether oxygens (including phenoxy) is 1. The summed E-state index contributed by atoms with van der Waals surface area (Å²) in [5.74, 6) is -1.62. The van der Waals surface area contributed by atoms with Crippen LogP contribution in [-0.4, -0.2) is 45.7 Å². The Balaban J connectivity index is 1.57. The number of nitrogens with zero attached hydrogens (tertiary/aromatic N) is 1. The molecular formula is C23H23NO5. The van der Waals surface area contributed by atoms with Gasteiger partial charge in [0, 0.05) is 11.5 Å². The van der Waals surface area contributed by atoms with Gasteiger partial charge in [-0.3, -0.25) is 4.79 Å². The van der Waals surface area contributed by atoms with Crippen LogP contribution in [0.5, 0.6) is 5.75 Å². The molecule has 0 saturated carbocycles. The molecule has 0 aromatic heterocycles. The maximum Gasteiger partial charge on any atom is 0.352 e. The van der Waals surface area contributed by atoms with E-state index < -0.39 is 18.0 Å². The van der Waals surface area contributed by atoms with Crippen LogP contribution in [0.3, 0.4) is 0 Å². The minimum Gasteiger partial charge on any atom is -0.489 e. The van der Waals surface area contributed by atoms with Gasteiger partial charge in [0.1, 0.15) is 18.1 Å². The Morgan fingerprint density at radius 3 is 2.48 bits per heavy atom. The number of hydrogen-bond donors (Lipinski definition) is 2. The van der Waals surface area contributed by atoms with E-state index in [1.807, 2.05) is 61.5 Å². The average Bonchev–Trinajstić information content (AvgIpc) is 2.95. The van der Waals surface area contributed by atoms with Crippen molar-refractivity contribution in [2.45, 2.75) is 26.0 Å².